The van der Waals surface area contributed by atoms with Crippen LogP contribution in [0.1, 0.15) is 63.6 Å². The minimum absolute atomic E-state index is 0.0659. The van der Waals surface area contributed by atoms with E-state index in [0.717, 1.165) is 40.2 Å². The van der Waals surface area contributed by atoms with Gasteiger partial charge in [0.05, 0.1) is 29.8 Å². The largest absolute Gasteiger partial charge is 0.494 e. The highest BCUT2D eigenvalue weighted by Gasteiger charge is 2.18. The van der Waals surface area contributed by atoms with Crippen molar-refractivity contribution in [3.05, 3.63) is 87.7 Å². The van der Waals surface area contributed by atoms with Crippen LogP contribution in [-0.2, 0) is 0 Å². The Labute approximate surface area is 218 Å². The van der Waals surface area contributed by atoms with Crippen molar-refractivity contribution in [1.29, 1.82) is 0 Å². The first-order chi connectivity index (χ1) is 17.8. The number of aryl methyl sites for hydroxylation is 1. The van der Waals surface area contributed by atoms with Gasteiger partial charge in [-0.3, -0.25) is 4.79 Å². The molecule has 0 aliphatic heterocycles. The fraction of sp³-hybridized carbons (Fsp3) is 0.323. The minimum Gasteiger partial charge on any atom is -0.494 e. The molecule has 0 spiro atoms. The Morgan fingerprint density at radius 2 is 1.73 bits per heavy atom. The van der Waals surface area contributed by atoms with Crippen molar-refractivity contribution < 1.29 is 9.47 Å². The van der Waals surface area contributed by atoms with E-state index < -0.39 is 0 Å². The zero-order valence-corrected chi connectivity index (χ0v) is 22.5. The maximum atomic E-state index is 13.7. The van der Waals surface area contributed by atoms with E-state index in [1.54, 1.807) is 12.3 Å². The van der Waals surface area contributed by atoms with E-state index in [2.05, 4.69) is 31.9 Å². The molecule has 1 heterocycles. The molecule has 0 saturated heterocycles. The second-order valence-corrected chi connectivity index (χ2v) is 9.48. The molecule has 6 nitrogen and oxygen atoms in total. The van der Waals surface area contributed by atoms with E-state index in [9.17, 15) is 4.79 Å². The maximum Gasteiger partial charge on any atom is 0.282 e. The zero-order chi connectivity index (χ0) is 26.5. The Morgan fingerprint density at radius 1 is 1.00 bits per heavy atom. The Hall–Kier alpha value is -3.93. The van der Waals surface area contributed by atoms with Gasteiger partial charge in [0.25, 0.3) is 5.56 Å². The van der Waals surface area contributed by atoms with Crippen LogP contribution in [0.15, 0.2) is 70.6 Å². The third-order valence-corrected chi connectivity index (χ3v) is 6.41. The summed E-state index contributed by atoms with van der Waals surface area (Å²) in [5, 5.41) is 5.19. The van der Waals surface area contributed by atoms with E-state index in [0.29, 0.717) is 23.3 Å². The first-order valence-electron chi connectivity index (χ1n) is 12.9. The molecule has 0 N–H and O–H groups in total. The molecule has 1 aromatic heterocycles. The smallest absolute Gasteiger partial charge is 0.282 e. The summed E-state index contributed by atoms with van der Waals surface area (Å²) in [5.74, 6) is 2.30. The molecule has 37 heavy (non-hydrogen) atoms. The fourth-order valence-corrected chi connectivity index (χ4v) is 4.19. The predicted molar refractivity (Wildman–Crippen MR) is 151 cm³/mol. The zero-order valence-electron chi connectivity index (χ0n) is 22.5. The highest BCUT2D eigenvalue weighted by molar-refractivity contribution is 5.84. The summed E-state index contributed by atoms with van der Waals surface area (Å²) in [7, 11) is 0. The summed E-state index contributed by atoms with van der Waals surface area (Å²) in [6.45, 7) is 12.9. The van der Waals surface area contributed by atoms with E-state index in [1.165, 1.54) is 4.68 Å². The van der Waals surface area contributed by atoms with Crippen LogP contribution in [0.3, 0.4) is 0 Å². The number of aromatic nitrogens is 2. The summed E-state index contributed by atoms with van der Waals surface area (Å²) in [5.41, 5.74) is 4.06. The molecule has 3 aromatic carbocycles. The molecule has 6 heteroatoms. The summed E-state index contributed by atoms with van der Waals surface area (Å²) >= 11 is 0. The van der Waals surface area contributed by atoms with Crippen molar-refractivity contribution in [2.75, 3.05) is 6.61 Å². The molecule has 0 radical (unpaired) electrons. The van der Waals surface area contributed by atoms with E-state index >= 15 is 0 Å². The number of para-hydroxylation sites is 2. The minimum atomic E-state index is -0.225. The highest BCUT2D eigenvalue weighted by Crippen LogP contribution is 2.34. The molecule has 1 atom stereocenters. The van der Waals surface area contributed by atoms with Crippen LogP contribution < -0.4 is 15.0 Å². The van der Waals surface area contributed by atoms with Gasteiger partial charge in [0.1, 0.15) is 11.5 Å². The van der Waals surface area contributed by atoms with Crippen molar-refractivity contribution in [1.82, 2.24) is 9.66 Å². The predicted octanol–water partition coefficient (Wildman–Crippen LogP) is 6.95. The van der Waals surface area contributed by atoms with Crippen LogP contribution in [-0.4, -0.2) is 28.6 Å². The van der Waals surface area contributed by atoms with Crippen molar-refractivity contribution in [3.63, 3.8) is 0 Å². The molecule has 0 saturated carbocycles. The first kappa shape index (κ1) is 26.1. The van der Waals surface area contributed by atoms with Crippen LogP contribution >= 0.6 is 0 Å². The van der Waals surface area contributed by atoms with Crippen molar-refractivity contribution >= 4 is 17.1 Å². The number of ether oxygens (including phenoxy) is 2. The van der Waals surface area contributed by atoms with Crippen molar-refractivity contribution in [2.24, 2.45) is 5.10 Å². The maximum absolute atomic E-state index is 13.7. The van der Waals surface area contributed by atoms with Crippen molar-refractivity contribution in [3.8, 4) is 22.9 Å². The number of hydrogen-bond acceptors (Lipinski definition) is 5. The number of hydrogen-bond donors (Lipinski definition) is 0. The van der Waals surface area contributed by atoms with Crippen LogP contribution in [0.2, 0.25) is 0 Å². The first-order valence-corrected chi connectivity index (χ1v) is 12.9. The average Bonchev–Trinajstić information content (AvgIpc) is 2.89. The quantitative estimate of drug-likeness (QED) is 0.235. The second-order valence-electron chi connectivity index (χ2n) is 9.48. The lowest BCUT2D eigenvalue weighted by molar-refractivity contribution is 0.217. The summed E-state index contributed by atoms with van der Waals surface area (Å²) in [6, 6.07) is 19.2. The van der Waals surface area contributed by atoms with E-state index in [-0.39, 0.29) is 17.6 Å². The van der Waals surface area contributed by atoms with Crippen LogP contribution in [0.4, 0.5) is 0 Å². The molecule has 0 aliphatic carbocycles. The Bertz CT molecular complexity index is 1490. The summed E-state index contributed by atoms with van der Waals surface area (Å²) < 4.78 is 13.4. The molecule has 4 rings (SSSR count). The third kappa shape index (κ3) is 5.58. The average molecular weight is 498 g/mol. The Balaban J connectivity index is 1.93. The van der Waals surface area contributed by atoms with Gasteiger partial charge in [-0.05, 0) is 80.6 Å². The molecule has 0 fully saturated rings. The van der Waals surface area contributed by atoms with Crippen LogP contribution in [0, 0.1) is 6.92 Å². The lowest BCUT2D eigenvalue weighted by atomic mass is 9.96. The van der Waals surface area contributed by atoms with Gasteiger partial charge < -0.3 is 9.47 Å². The monoisotopic (exact) mass is 497 g/mol. The van der Waals surface area contributed by atoms with Gasteiger partial charge in [-0.25, -0.2) is 4.98 Å². The van der Waals surface area contributed by atoms with Gasteiger partial charge in [0, 0.05) is 11.1 Å². The molecule has 0 amide bonds. The Kier molecular flexibility index (Phi) is 8.07. The Morgan fingerprint density at radius 3 is 2.46 bits per heavy atom. The van der Waals surface area contributed by atoms with Gasteiger partial charge in [-0.15, -0.1) is 0 Å². The molecule has 0 unspecified atom stereocenters. The number of nitrogens with zero attached hydrogens (tertiary/aromatic N) is 3. The topological polar surface area (TPSA) is 65.7 Å². The summed E-state index contributed by atoms with van der Waals surface area (Å²) in [4.78, 5) is 18.6. The fourth-order valence-electron chi connectivity index (χ4n) is 4.19. The molecule has 192 valence electrons. The number of rotatable bonds is 9. The standard InChI is InChI=1S/C31H35N3O3/c1-7-22(6)37-28-16-12-9-13-23(28)19-32-34-30(33-27-15-11-10-14-24(27)31(34)35)26-18-25(20(3)4)29(36-8-2)17-21(26)5/h9-20,22H,7-8H2,1-6H3/t22-/m1/s1. The number of fused-ring (bicyclic) bond motifs is 1. The lowest BCUT2D eigenvalue weighted by Gasteiger charge is -2.18. The highest BCUT2D eigenvalue weighted by atomic mass is 16.5. The third-order valence-electron chi connectivity index (χ3n) is 6.41. The van der Waals surface area contributed by atoms with Gasteiger partial charge in [0.2, 0.25) is 0 Å². The molecule has 4 aromatic rings. The normalized spacial score (nSPS) is 12.4. The molecule has 0 bridgehead atoms. The van der Waals surface area contributed by atoms with Crippen LogP contribution in [0.5, 0.6) is 11.5 Å². The number of benzene rings is 3. The van der Waals surface area contributed by atoms with Gasteiger partial charge in [-0.2, -0.15) is 9.78 Å². The molecular weight excluding hydrogens is 462 g/mol. The van der Waals surface area contributed by atoms with Crippen molar-refractivity contribution in [2.45, 2.75) is 60.0 Å². The molecular formula is C31H35N3O3. The second kappa shape index (κ2) is 11.4. The van der Waals surface area contributed by atoms with E-state index in [4.69, 9.17) is 14.5 Å². The lowest BCUT2D eigenvalue weighted by Crippen LogP contribution is -2.21. The van der Waals surface area contributed by atoms with E-state index in [1.807, 2.05) is 69.3 Å². The van der Waals surface area contributed by atoms with Gasteiger partial charge in [-0.1, -0.05) is 45.0 Å². The SMILES string of the molecule is CCOc1cc(C)c(-c2nc3ccccc3c(=O)n2N=Cc2ccccc2O[C@H](C)CC)cc1C(C)C. The van der Waals surface area contributed by atoms with Crippen LogP contribution in [0.25, 0.3) is 22.3 Å². The van der Waals surface area contributed by atoms with Gasteiger partial charge in [0.15, 0.2) is 5.82 Å². The summed E-state index contributed by atoms with van der Waals surface area (Å²) in [6.07, 6.45) is 2.63. The van der Waals surface area contributed by atoms with Gasteiger partial charge >= 0.3 is 0 Å². The molecule has 0 aliphatic rings.